The molecule has 1 aromatic carbocycles. The molecular formula is C16H22N2O4S. The number of para-hydroxylation sites is 1. The van der Waals surface area contributed by atoms with Crippen molar-refractivity contribution in [2.75, 3.05) is 6.54 Å². The lowest BCUT2D eigenvalue weighted by Crippen LogP contribution is -2.37. The summed E-state index contributed by atoms with van der Waals surface area (Å²) in [6, 6.07) is 5.54. The molecule has 126 valence electrons. The minimum Gasteiger partial charge on any atom is -0.258 e. The molecule has 1 aliphatic carbocycles. The molecule has 2 bridgehead atoms. The number of rotatable bonds is 3. The van der Waals surface area contributed by atoms with Gasteiger partial charge in [-0.3, -0.25) is 10.1 Å². The van der Waals surface area contributed by atoms with Crippen LogP contribution in [0.2, 0.25) is 0 Å². The second-order valence-electron chi connectivity index (χ2n) is 7.99. The highest BCUT2D eigenvalue weighted by atomic mass is 32.2. The van der Waals surface area contributed by atoms with E-state index in [2.05, 4.69) is 20.8 Å². The Morgan fingerprint density at radius 3 is 2.52 bits per heavy atom. The predicted molar refractivity (Wildman–Crippen MR) is 86.5 cm³/mol. The van der Waals surface area contributed by atoms with Crippen molar-refractivity contribution in [3.8, 4) is 0 Å². The molecule has 0 N–H and O–H groups in total. The summed E-state index contributed by atoms with van der Waals surface area (Å²) < 4.78 is 27.7. The molecule has 0 spiro atoms. The number of benzene rings is 1. The van der Waals surface area contributed by atoms with E-state index in [0.29, 0.717) is 6.54 Å². The first-order valence-electron chi connectivity index (χ1n) is 7.79. The van der Waals surface area contributed by atoms with E-state index in [1.54, 1.807) is 0 Å². The third kappa shape index (κ3) is 2.76. The largest absolute Gasteiger partial charge is 0.289 e. The standard InChI is InChI=1S/C16H22N2O4S/c1-15(2)8-12-9-16(3,10-15)11-17(12)23(21,22)14-7-5-4-6-13(14)18(19)20/h4-7,12H,8-11H2,1-3H3/t12-,16+/m1/s1. The minimum atomic E-state index is -3.87. The molecular weight excluding hydrogens is 316 g/mol. The molecule has 1 saturated carbocycles. The van der Waals surface area contributed by atoms with Crippen molar-refractivity contribution in [1.82, 2.24) is 4.31 Å². The first-order chi connectivity index (χ1) is 10.5. The summed E-state index contributed by atoms with van der Waals surface area (Å²) in [6.07, 6.45) is 2.60. The number of hydrogen-bond donors (Lipinski definition) is 0. The van der Waals surface area contributed by atoms with Crippen LogP contribution in [0, 0.1) is 20.9 Å². The fourth-order valence-electron chi connectivity index (χ4n) is 4.64. The van der Waals surface area contributed by atoms with E-state index in [1.165, 1.54) is 28.6 Å². The Kier molecular flexibility index (Phi) is 3.57. The van der Waals surface area contributed by atoms with Crippen molar-refractivity contribution in [3.05, 3.63) is 34.4 Å². The third-order valence-electron chi connectivity index (χ3n) is 5.02. The zero-order valence-electron chi connectivity index (χ0n) is 13.7. The third-order valence-corrected chi connectivity index (χ3v) is 6.96. The molecule has 1 heterocycles. The van der Waals surface area contributed by atoms with E-state index < -0.39 is 14.9 Å². The van der Waals surface area contributed by atoms with Gasteiger partial charge in [0.05, 0.1) is 4.92 Å². The molecule has 7 heteroatoms. The summed E-state index contributed by atoms with van der Waals surface area (Å²) in [4.78, 5) is 10.4. The monoisotopic (exact) mass is 338 g/mol. The lowest BCUT2D eigenvalue weighted by Gasteiger charge is -2.39. The van der Waals surface area contributed by atoms with Gasteiger partial charge in [0.1, 0.15) is 0 Å². The number of fused-ring (bicyclic) bond motifs is 2. The summed E-state index contributed by atoms with van der Waals surface area (Å²) in [7, 11) is -3.87. The van der Waals surface area contributed by atoms with Gasteiger partial charge < -0.3 is 0 Å². The van der Waals surface area contributed by atoms with E-state index in [4.69, 9.17) is 0 Å². The van der Waals surface area contributed by atoms with Crippen LogP contribution in [0.5, 0.6) is 0 Å². The van der Waals surface area contributed by atoms with E-state index in [1.807, 2.05) is 0 Å². The maximum absolute atomic E-state index is 13.1. The first kappa shape index (κ1) is 16.4. The SMILES string of the molecule is CC1(C)C[C@@H]2C[C@](C)(CN2S(=O)(=O)c2ccccc2[N+](=O)[O-])C1. The molecule has 0 amide bonds. The van der Waals surface area contributed by atoms with Crippen LogP contribution in [0.3, 0.4) is 0 Å². The van der Waals surface area contributed by atoms with Crippen LogP contribution >= 0.6 is 0 Å². The van der Waals surface area contributed by atoms with Crippen molar-refractivity contribution >= 4 is 15.7 Å². The van der Waals surface area contributed by atoms with Gasteiger partial charge in [-0.1, -0.05) is 32.9 Å². The fraction of sp³-hybridized carbons (Fsp3) is 0.625. The quantitative estimate of drug-likeness (QED) is 0.626. The summed E-state index contributed by atoms with van der Waals surface area (Å²) in [5.41, 5.74) is -0.313. The van der Waals surface area contributed by atoms with Gasteiger partial charge in [0.25, 0.3) is 5.69 Å². The molecule has 0 aromatic heterocycles. The van der Waals surface area contributed by atoms with Gasteiger partial charge in [0.2, 0.25) is 10.0 Å². The van der Waals surface area contributed by atoms with E-state index in [-0.39, 0.29) is 27.5 Å². The van der Waals surface area contributed by atoms with Crippen LogP contribution in [0.1, 0.15) is 40.0 Å². The van der Waals surface area contributed by atoms with Gasteiger partial charge in [-0.25, -0.2) is 8.42 Å². The van der Waals surface area contributed by atoms with Crippen molar-refractivity contribution in [3.63, 3.8) is 0 Å². The average molecular weight is 338 g/mol. The van der Waals surface area contributed by atoms with E-state index in [9.17, 15) is 18.5 Å². The Morgan fingerprint density at radius 2 is 1.87 bits per heavy atom. The average Bonchev–Trinajstić information content (AvgIpc) is 2.68. The summed E-state index contributed by atoms with van der Waals surface area (Å²) in [6.45, 7) is 6.89. The zero-order valence-corrected chi connectivity index (χ0v) is 14.5. The van der Waals surface area contributed by atoms with Crippen LogP contribution in [-0.4, -0.2) is 30.2 Å². The Morgan fingerprint density at radius 1 is 1.22 bits per heavy atom. The van der Waals surface area contributed by atoms with Crippen LogP contribution in [0.25, 0.3) is 0 Å². The zero-order chi connectivity index (χ0) is 17.0. The van der Waals surface area contributed by atoms with Crippen LogP contribution in [-0.2, 0) is 10.0 Å². The Hall–Kier alpha value is -1.47. The molecule has 2 aliphatic rings. The molecule has 2 atom stereocenters. The van der Waals surface area contributed by atoms with Gasteiger partial charge >= 0.3 is 0 Å². The molecule has 1 aliphatic heterocycles. The maximum atomic E-state index is 13.1. The second-order valence-corrected chi connectivity index (χ2v) is 9.85. The van der Waals surface area contributed by atoms with Gasteiger partial charge in [-0.2, -0.15) is 4.31 Å². The highest BCUT2D eigenvalue weighted by Gasteiger charge is 2.53. The Labute approximate surface area is 136 Å². The summed E-state index contributed by atoms with van der Waals surface area (Å²) in [5, 5.41) is 11.2. The van der Waals surface area contributed by atoms with Crippen LogP contribution < -0.4 is 0 Å². The van der Waals surface area contributed by atoms with Crippen LogP contribution in [0.15, 0.2) is 29.2 Å². The van der Waals surface area contributed by atoms with Crippen molar-refractivity contribution < 1.29 is 13.3 Å². The fourth-order valence-corrected chi connectivity index (χ4v) is 6.57. The highest BCUT2D eigenvalue weighted by molar-refractivity contribution is 7.89. The number of sulfonamides is 1. The van der Waals surface area contributed by atoms with Gasteiger partial charge in [-0.05, 0) is 36.2 Å². The highest BCUT2D eigenvalue weighted by Crippen LogP contribution is 2.53. The smallest absolute Gasteiger partial charge is 0.258 e. The number of nitrogens with zero attached hydrogens (tertiary/aromatic N) is 2. The van der Waals surface area contributed by atoms with Crippen LogP contribution in [0.4, 0.5) is 5.69 Å². The second kappa shape index (κ2) is 5.01. The Bertz CT molecular complexity index is 759. The topological polar surface area (TPSA) is 80.5 Å². The number of hydrogen-bond acceptors (Lipinski definition) is 4. The lowest BCUT2D eigenvalue weighted by atomic mass is 9.65. The molecule has 23 heavy (non-hydrogen) atoms. The molecule has 0 radical (unpaired) electrons. The van der Waals surface area contributed by atoms with Crippen molar-refractivity contribution in [1.29, 1.82) is 0 Å². The summed E-state index contributed by atoms with van der Waals surface area (Å²) in [5.74, 6) is 0. The van der Waals surface area contributed by atoms with Gasteiger partial charge in [-0.15, -0.1) is 0 Å². The molecule has 3 rings (SSSR count). The van der Waals surface area contributed by atoms with Gasteiger partial charge in [0.15, 0.2) is 4.90 Å². The molecule has 0 unspecified atom stereocenters. The van der Waals surface area contributed by atoms with Crippen molar-refractivity contribution in [2.24, 2.45) is 10.8 Å². The first-order valence-corrected chi connectivity index (χ1v) is 9.23. The van der Waals surface area contributed by atoms with E-state index in [0.717, 1.165) is 19.3 Å². The predicted octanol–water partition coefficient (Wildman–Crippen LogP) is 3.18. The number of nitro groups is 1. The van der Waals surface area contributed by atoms with Gasteiger partial charge in [0, 0.05) is 18.7 Å². The molecule has 6 nitrogen and oxygen atoms in total. The van der Waals surface area contributed by atoms with Crippen molar-refractivity contribution in [2.45, 2.75) is 51.0 Å². The minimum absolute atomic E-state index is 0.0525. The summed E-state index contributed by atoms with van der Waals surface area (Å²) >= 11 is 0. The Balaban J connectivity index is 2.04. The number of nitro benzene ring substituents is 1. The van der Waals surface area contributed by atoms with E-state index >= 15 is 0 Å². The molecule has 2 fully saturated rings. The molecule has 1 saturated heterocycles. The lowest BCUT2D eigenvalue weighted by molar-refractivity contribution is -0.387. The maximum Gasteiger partial charge on any atom is 0.289 e. The normalized spacial score (nSPS) is 30.3. The molecule has 1 aromatic rings.